The van der Waals surface area contributed by atoms with Crippen LogP contribution in [0.1, 0.15) is 37.7 Å². The van der Waals surface area contributed by atoms with Gasteiger partial charge in [-0.3, -0.25) is 0 Å². The van der Waals surface area contributed by atoms with Crippen LogP contribution < -0.4 is 0 Å². The molecule has 20 heavy (non-hydrogen) atoms. The van der Waals surface area contributed by atoms with Crippen LogP contribution in [0.5, 0.6) is 0 Å². The third-order valence-corrected chi connectivity index (χ3v) is 3.91. The van der Waals surface area contributed by atoms with Crippen LogP contribution in [0.15, 0.2) is 54.6 Å². The summed E-state index contributed by atoms with van der Waals surface area (Å²) in [5.41, 5.74) is 3.65. The molecular weight excluding hydrogens is 244 g/mol. The highest BCUT2D eigenvalue weighted by molar-refractivity contribution is 5.76. The zero-order chi connectivity index (χ0) is 13.9. The molecular formula is C18H20N2. The third kappa shape index (κ3) is 2.34. The summed E-state index contributed by atoms with van der Waals surface area (Å²) in [7, 11) is 0. The summed E-state index contributed by atoms with van der Waals surface area (Å²) in [6.07, 6.45) is 2.00. The molecule has 0 saturated carbocycles. The Bertz CT molecular complexity index is 698. The van der Waals surface area contributed by atoms with Crippen molar-refractivity contribution < 1.29 is 0 Å². The van der Waals surface area contributed by atoms with Gasteiger partial charge in [-0.05, 0) is 31.0 Å². The van der Waals surface area contributed by atoms with Gasteiger partial charge >= 0.3 is 0 Å². The number of fused-ring (bicyclic) bond motifs is 1. The topological polar surface area (TPSA) is 17.8 Å². The van der Waals surface area contributed by atoms with Crippen molar-refractivity contribution >= 4 is 11.0 Å². The van der Waals surface area contributed by atoms with Crippen LogP contribution in [0.4, 0.5) is 0 Å². The fourth-order valence-electron chi connectivity index (χ4n) is 2.67. The molecule has 0 radical (unpaired) electrons. The molecule has 1 heterocycles. The Labute approximate surface area is 120 Å². The number of hydrogen-bond acceptors (Lipinski definition) is 1. The molecule has 0 bridgehead atoms. The van der Waals surface area contributed by atoms with Gasteiger partial charge in [0.1, 0.15) is 5.82 Å². The largest absolute Gasteiger partial charge is 0.325 e. The number of benzene rings is 2. The Hall–Kier alpha value is -2.09. The number of aromatic nitrogens is 2. The van der Waals surface area contributed by atoms with Gasteiger partial charge in [0.25, 0.3) is 0 Å². The monoisotopic (exact) mass is 264 g/mol. The molecule has 1 atom stereocenters. The van der Waals surface area contributed by atoms with E-state index in [4.69, 9.17) is 4.98 Å². The summed E-state index contributed by atoms with van der Waals surface area (Å²) in [6, 6.07) is 19.5. The van der Waals surface area contributed by atoms with Crippen molar-refractivity contribution in [2.24, 2.45) is 0 Å². The number of nitrogens with zero attached hydrogens (tertiary/aromatic N) is 2. The third-order valence-electron chi connectivity index (χ3n) is 3.91. The molecule has 1 unspecified atom stereocenters. The average Bonchev–Trinajstić information content (AvgIpc) is 2.85. The lowest BCUT2D eigenvalue weighted by Crippen LogP contribution is -2.09. The van der Waals surface area contributed by atoms with Crippen LogP contribution in [0, 0.1) is 0 Å². The molecule has 0 aliphatic carbocycles. The molecule has 102 valence electrons. The second-order valence-electron chi connectivity index (χ2n) is 5.31. The average molecular weight is 264 g/mol. The molecule has 0 fully saturated rings. The first kappa shape index (κ1) is 12.9. The maximum Gasteiger partial charge on any atom is 0.114 e. The Morgan fingerprint density at radius 3 is 2.45 bits per heavy atom. The Morgan fingerprint density at radius 2 is 1.70 bits per heavy atom. The highest BCUT2D eigenvalue weighted by Gasteiger charge is 2.14. The number of hydrogen-bond donors (Lipinski definition) is 0. The van der Waals surface area contributed by atoms with Crippen molar-refractivity contribution in [2.45, 2.75) is 32.7 Å². The fourth-order valence-corrected chi connectivity index (χ4v) is 2.67. The van der Waals surface area contributed by atoms with Gasteiger partial charge in [0.05, 0.1) is 11.0 Å². The molecule has 3 aromatic rings. The van der Waals surface area contributed by atoms with Crippen LogP contribution >= 0.6 is 0 Å². The van der Waals surface area contributed by atoms with Gasteiger partial charge in [-0.2, -0.15) is 0 Å². The molecule has 0 aliphatic heterocycles. The van der Waals surface area contributed by atoms with E-state index in [1.54, 1.807) is 0 Å². The van der Waals surface area contributed by atoms with Crippen LogP contribution in [0.3, 0.4) is 0 Å². The van der Waals surface area contributed by atoms with Crippen molar-refractivity contribution in [3.63, 3.8) is 0 Å². The zero-order valence-corrected chi connectivity index (χ0v) is 12.1. The zero-order valence-electron chi connectivity index (χ0n) is 12.1. The summed E-state index contributed by atoms with van der Waals surface area (Å²) < 4.78 is 2.39. The van der Waals surface area contributed by atoms with E-state index in [0.29, 0.717) is 6.04 Å². The summed E-state index contributed by atoms with van der Waals surface area (Å²) >= 11 is 0. The number of imidazole rings is 1. The van der Waals surface area contributed by atoms with Crippen molar-refractivity contribution in [3.8, 4) is 0 Å². The van der Waals surface area contributed by atoms with Crippen LogP contribution in [0.25, 0.3) is 11.0 Å². The van der Waals surface area contributed by atoms with Crippen molar-refractivity contribution in [3.05, 3.63) is 66.0 Å². The van der Waals surface area contributed by atoms with Crippen LogP contribution in [0.2, 0.25) is 0 Å². The first-order valence-corrected chi connectivity index (χ1v) is 7.29. The van der Waals surface area contributed by atoms with Gasteiger partial charge in [-0.15, -0.1) is 0 Å². The lowest BCUT2D eigenvalue weighted by atomic mass is 10.1. The number of para-hydroxylation sites is 2. The lowest BCUT2D eigenvalue weighted by Gasteiger charge is -2.16. The Kier molecular flexibility index (Phi) is 3.55. The van der Waals surface area contributed by atoms with Crippen LogP contribution in [-0.2, 0) is 6.42 Å². The molecule has 2 aromatic carbocycles. The molecule has 0 N–H and O–H groups in total. The molecule has 1 aromatic heterocycles. The smallest absolute Gasteiger partial charge is 0.114 e. The Balaban J connectivity index is 2.09. The van der Waals surface area contributed by atoms with Crippen molar-refractivity contribution in [1.29, 1.82) is 0 Å². The van der Waals surface area contributed by atoms with E-state index in [-0.39, 0.29) is 0 Å². The molecule has 2 nitrogen and oxygen atoms in total. The standard InChI is InChI=1S/C18H20N2/c1-3-14(2)20-17-12-8-7-11-16(17)19-18(20)13-15-9-5-4-6-10-15/h4-12,14H,3,13H2,1-2H3. The van der Waals surface area contributed by atoms with E-state index in [9.17, 15) is 0 Å². The van der Waals surface area contributed by atoms with E-state index in [1.807, 2.05) is 0 Å². The Morgan fingerprint density at radius 1 is 1.00 bits per heavy atom. The van der Waals surface area contributed by atoms with Gasteiger partial charge in [0.15, 0.2) is 0 Å². The molecule has 0 spiro atoms. The predicted molar refractivity (Wildman–Crippen MR) is 84.0 cm³/mol. The molecule has 0 amide bonds. The minimum Gasteiger partial charge on any atom is -0.325 e. The minimum atomic E-state index is 0.473. The van der Waals surface area contributed by atoms with Gasteiger partial charge in [0.2, 0.25) is 0 Å². The maximum atomic E-state index is 4.84. The lowest BCUT2D eigenvalue weighted by molar-refractivity contribution is 0.526. The van der Waals surface area contributed by atoms with E-state index in [1.165, 1.54) is 11.1 Å². The maximum absolute atomic E-state index is 4.84. The fraction of sp³-hybridized carbons (Fsp3) is 0.278. The van der Waals surface area contributed by atoms with E-state index >= 15 is 0 Å². The van der Waals surface area contributed by atoms with Crippen LogP contribution in [-0.4, -0.2) is 9.55 Å². The van der Waals surface area contributed by atoms with Crippen molar-refractivity contribution in [2.75, 3.05) is 0 Å². The highest BCUT2D eigenvalue weighted by atomic mass is 15.1. The summed E-state index contributed by atoms with van der Waals surface area (Å²) in [5.74, 6) is 1.16. The normalized spacial score (nSPS) is 12.7. The minimum absolute atomic E-state index is 0.473. The SMILES string of the molecule is CCC(C)n1c(Cc2ccccc2)nc2ccccc21. The van der Waals surface area contributed by atoms with Gasteiger partial charge < -0.3 is 4.57 Å². The van der Waals surface area contributed by atoms with E-state index in [2.05, 4.69) is 73.0 Å². The summed E-state index contributed by atoms with van der Waals surface area (Å²) in [6.45, 7) is 4.49. The number of rotatable bonds is 4. The van der Waals surface area contributed by atoms with Gasteiger partial charge in [-0.1, -0.05) is 49.4 Å². The van der Waals surface area contributed by atoms with E-state index < -0.39 is 0 Å². The first-order valence-electron chi connectivity index (χ1n) is 7.29. The molecule has 3 rings (SSSR count). The van der Waals surface area contributed by atoms with E-state index in [0.717, 1.165) is 24.2 Å². The highest BCUT2D eigenvalue weighted by Crippen LogP contribution is 2.24. The second kappa shape index (κ2) is 5.49. The summed E-state index contributed by atoms with van der Waals surface area (Å²) in [4.78, 5) is 4.84. The van der Waals surface area contributed by atoms with Gasteiger partial charge in [0, 0.05) is 12.5 Å². The molecule has 0 saturated heterocycles. The van der Waals surface area contributed by atoms with Gasteiger partial charge in [-0.25, -0.2) is 4.98 Å². The van der Waals surface area contributed by atoms with Crippen molar-refractivity contribution in [1.82, 2.24) is 9.55 Å². The predicted octanol–water partition coefficient (Wildman–Crippen LogP) is 4.60. The second-order valence-corrected chi connectivity index (χ2v) is 5.31. The molecule has 0 aliphatic rings. The quantitative estimate of drug-likeness (QED) is 0.673. The first-order chi connectivity index (χ1) is 9.79. The summed E-state index contributed by atoms with van der Waals surface area (Å²) in [5, 5.41) is 0. The molecule has 2 heteroatoms.